The van der Waals surface area contributed by atoms with Gasteiger partial charge in [-0.2, -0.15) is 0 Å². The summed E-state index contributed by atoms with van der Waals surface area (Å²) in [4.78, 5) is 17.8. The van der Waals surface area contributed by atoms with Crippen LogP contribution in [0.1, 0.15) is 33.7 Å². The fraction of sp³-hybridized carbons (Fsp3) is 0.259. The Balaban J connectivity index is 1.57. The molecule has 0 spiro atoms. The first-order valence-corrected chi connectivity index (χ1v) is 11.5. The molecule has 0 fully saturated rings. The molecule has 0 unspecified atom stereocenters. The number of pyridine rings is 1. The largest absolute Gasteiger partial charge is 0.485 e. The van der Waals surface area contributed by atoms with Gasteiger partial charge in [-0.05, 0) is 49.6 Å². The van der Waals surface area contributed by atoms with E-state index < -0.39 is 36.3 Å². The summed E-state index contributed by atoms with van der Waals surface area (Å²) < 4.78 is 35.2. The Morgan fingerprint density at radius 3 is 2.39 bits per heavy atom. The van der Waals surface area contributed by atoms with E-state index in [-0.39, 0.29) is 23.6 Å². The Hall–Kier alpha value is -3.82. The number of ether oxygens (including phenoxy) is 1. The van der Waals surface area contributed by atoms with Crippen LogP contribution in [0.25, 0.3) is 5.65 Å². The van der Waals surface area contributed by atoms with Gasteiger partial charge < -0.3 is 20.3 Å². The van der Waals surface area contributed by atoms with Gasteiger partial charge in [-0.25, -0.2) is 13.8 Å². The number of halogens is 2. The van der Waals surface area contributed by atoms with Gasteiger partial charge in [0, 0.05) is 6.20 Å². The molecular formula is C27H27F2N3O4. The molecule has 0 atom stereocenters. The van der Waals surface area contributed by atoms with Crippen LogP contribution in [0, 0.1) is 18.6 Å². The molecule has 3 N–H and O–H groups in total. The summed E-state index contributed by atoms with van der Waals surface area (Å²) in [5, 5.41) is 22.9. The normalized spacial score (nSPS) is 11.6. The van der Waals surface area contributed by atoms with E-state index in [0.717, 1.165) is 17.7 Å². The molecule has 188 valence electrons. The fourth-order valence-corrected chi connectivity index (χ4v) is 4.04. The zero-order valence-corrected chi connectivity index (χ0v) is 19.7. The molecular weight excluding hydrogens is 468 g/mol. The average Bonchev–Trinajstić information content (AvgIpc) is 3.23. The number of hydrogen-bond donors (Lipinski definition) is 3. The van der Waals surface area contributed by atoms with Crippen LogP contribution in [0.2, 0.25) is 0 Å². The summed E-state index contributed by atoms with van der Waals surface area (Å²) in [6.45, 7) is 0.371. The molecule has 0 aliphatic carbocycles. The average molecular weight is 496 g/mol. The Labute approximate surface area is 207 Å². The van der Waals surface area contributed by atoms with Crippen LogP contribution in [0.15, 0.2) is 66.9 Å². The quantitative estimate of drug-likeness (QED) is 0.313. The smallest absolute Gasteiger partial charge is 0.270 e. The van der Waals surface area contributed by atoms with E-state index in [1.807, 2.05) is 30.3 Å². The summed E-state index contributed by atoms with van der Waals surface area (Å²) in [6, 6.07) is 16.4. The summed E-state index contributed by atoms with van der Waals surface area (Å²) in [5.41, 5.74) is 0.415. The zero-order chi connectivity index (χ0) is 25.7. The number of imidazole rings is 1. The van der Waals surface area contributed by atoms with Gasteiger partial charge in [-0.3, -0.25) is 9.20 Å². The molecule has 36 heavy (non-hydrogen) atoms. The Morgan fingerprint density at radius 1 is 1.03 bits per heavy atom. The lowest BCUT2D eigenvalue weighted by Crippen LogP contribution is -2.54. The fourth-order valence-electron chi connectivity index (χ4n) is 4.04. The number of nitrogens with zero attached hydrogens (tertiary/aromatic N) is 2. The highest BCUT2D eigenvalue weighted by atomic mass is 19.1. The molecule has 4 rings (SSSR count). The lowest BCUT2D eigenvalue weighted by molar-refractivity contribution is 0.0631. The van der Waals surface area contributed by atoms with E-state index in [2.05, 4.69) is 10.3 Å². The molecule has 4 aromatic rings. The summed E-state index contributed by atoms with van der Waals surface area (Å²) >= 11 is 0. The number of amides is 1. The first-order chi connectivity index (χ1) is 17.4. The molecule has 0 aliphatic rings. The number of carbonyl (C=O) groups excluding carboxylic acids is 1. The molecule has 0 aliphatic heterocycles. The molecule has 2 aromatic heterocycles. The maximum atomic E-state index is 14.0. The second kappa shape index (κ2) is 10.8. The Kier molecular flexibility index (Phi) is 7.61. The number of aryl methyl sites for hydroxylation is 2. The van der Waals surface area contributed by atoms with E-state index in [4.69, 9.17) is 4.74 Å². The van der Waals surface area contributed by atoms with Crippen LogP contribution in [0.5, 0.6) is 5.75 Å². The van der Waals surface area contributed by atoms with Gasteiger partial charge in [0.05, 0.1) is 30.0 Å². The lowest BCUT2D eigenvalue weighted by Gasteiger charge is -2.31. The molecule has 1 amide bonds. The topological polar surface area (TPSA) is 96.1 Å². The van der Waals surface area contributed by atoms with E-state index in [9.17, 15) is 23.8 Å². The lowest BCUT2D eigenvalue weighted by atomic mass is 9.92. The zero-order valence-electron chi connectivity index (χ0n) is 19.7. The third-order valence-corrected chi connectivity index (χ3v) is 6.16. The van der Waals surface area contributed by atoms with Gasteiger partial charge in [0.15, 0.2) is 11.4 Å². The van der Waals surface area contributed by atoms with Crippen molar-refractivity contribution in [1.82, 2.24) is 14.7 Å². The van der Waals surface area contributed by atoms with Crippen LogP contribution in [0.4, 0.5) is 8.78 Å². The van der Waals surface area contributed by atoms with Crippen molar-refractivity contribution in [3.05, 3.63) is 101 Å². The number of fused-ring (bicyclic) bond motifs is 1. The number of nitrogens with one attached hydrogen (secondary N) is 1. The monoisotopic (exact) mass is 495 g/mol. The number of aliphatic hydroxyl groups excluding tert-OH is 2. The standard InChI is InChI=1S/C27H27F2N3O4/c1-18-24(26(35)31-27(16-33,17-34)13-12-19-7-3-2-4-8-19)32-14-6-11-23(25(32)30-18)36-15-20-21(28)9-5-10-22(20)29/h2-11,14,33-34H,12-13,15-17H2,1H3,(H,31,35). The first kappa shape index (κ1) is 25.3. The minimum absolute atomic E-state index is 0.193. The van der Waals surface area contributed by atoms with Crippen molar-refractivity contribution in [3.8, 4) is 5.75 Å². The number of hydrogen-bond acceptors (Lipinski definition) is 5. The first-order valence-electron chi connectivity index (χ1n) is 11.5. The highest BCUT2D eigenvalue weighted by molar-refractivity contribution is 5.95. The van der Waals surface area contributed by atoms with Crippen molar-refractivity contribution in [3.63, 3.8) is 0 Å². The molecule has 9 heteroatoms. The number of carbonyl (C=O) groups is 1. The summed E-state index contributed by atoms with van der Waals surface area (Å²) in [7, 11) is 0. The van der Waals surface area contributed by atoms with Crippen LogP contribution < -0.4 is 10.1 Å². The van der Waals surface area contributed by atoms with Crippen LogP contribution in [0.3, 0.4) is 0 Å². The van der Waals surface area contributed by atoms with Gasteiger partial charge in [0.2, 0.25) is 0 Å². The third-order valence-electron chi connectivity index (χ3n) is 6.16. The van der Waals surface area contributed by atoms with Crippen LogP contribution in [-0.4, -0.2) is 44.3 Å². The van der Waals surface area contributed by atoms with Crippen LogP contribution >= 0.6 is 0 Å². The van der Waals surface area contributed by atoms with Gasteiger partial charge in [-0.15, -0.1) is 0 Å². The van der Waals surface area contributed by atoms with Crippen molar-refractivity contribution >= 4 is 11.6 Å². The Morgan fingerprint density at radius 2 is 1.72 bits per heavy atom. The van der Waals surface area contributed by atoms with Crippen molar-refractivity contribution in [2.24, 2.45) is 0 Å². The number of rotatable bonds is 10. The molecule has 0 bridgehead atoms. The Bertz CT molecular complexity index is 1330. The second-order valence-corrected chi connectivity index (χ2v) is 8.64. The van der Waals surface area contributed by atoms with Gasteiger partial charge in [0.25, 0.3) is 5.91 Å². The van der Waals surface area contributed by atoms with E-state index in [1.165, 1.54) is 10.5 Å². The van der Waals surface area contributed by atoms with E-state index in [1.54, 1.807) is 25.3 Å². The summed E-state index contributed by atoms with van der Waals surface area (Å²) in [6.07, 6.45) is 2.47. The summed E-state index contributed by atoms with van der Waals surface area (Å²) in [5.74, 6) is -1.74. The highest BCUT2D eigenvalue weighted by Crippen LogP contribution is 2.25. The van der Waals surface area contributed by atoms with Crippen molar-refractivity contribution in [2.75, 3.05) is 13.2 Å². The van der Waals surface area contributed by atoms with Crippen molar-refractivity contribution < 1.29 is 28.5 Å². The number of aliphatic hydroxyl groups is 2. The number of aromatic nitrogens is 2. The number of benzene rings is 2. The minimum atomic E-state index is -1.25. The molecule has 2 heterocycles. The predicted molar refractivity (Wildman–Crippen MR) is 130 cm³/mol. The van der Waals surface area contributed by atoms with Gasteiger partial charge in [-0.1, -0.05) is 36.4 Å². The molecule has 7 nitrogen and oxygen atoms in total. The minimum Gasteiger partial charge on any atom is -0.485 e. The maximum absolute atomic E-state index is 14.0. The van der Waals surface area contributed by atoms with Crippen molar-refractivity contribution in [1.29, 1.82) is 0 Å². The molecule has 0 radical (unpaired) electrons. The predicted octanol–water partition coefficient (Wildman–Crippen LogP) is 3.59. The van der Waals surface area contributed by atoms with Gasteiger partial charge >= 0.3 is 0 Å². The van der Waals surface area contributed by atoms with Crippen LogP contribution in [-0.2, 0) is 13.0 Å². The third kappa shape index (κ3) is 5.22. The maximum Gasteiger partial charge on any atom is 0.270 e. The second-order valence-electron chi connectivity index (χ2n) is 8.64. The SMILES string of the molecule is Cc1nc2c(OCc3c(F)cccc3F)cccn2c1C(=O)NC(CO)(CO)CCc1ccccc1. The molecule has 2 aromatic carbocycles. The molecule has 0 saturated carbocycles. The van der Waals surface area contributed by atoms with Crippen molar-refractivity contribution in [2.45, 2.75) is 31.9 Å². The van der Waals surface area contributed by atoms with Gasteiger partial charge in [0.1, 0.15) is 23.9 Å². The molecule has 0 saturated heterocycles. The highest BCUT2D eigenvalue weighted by Gasteiger charge is 2.32. The van der Waals surface area contributed by atoms with E-state index in [0.29, 0.717) is 24.2 Å². The van der Waals surface area contributed by atoms with E-state index >= 15 is 0 Å².